The summed E-state index contributed by atoms with van der Waals surface area (Å²) in [5.74, 6) is 2.03. The molecule has 0 radical (unpaired) electrons. The summed E-state index contributed by atoms with van der Waals surface area (Å²) in [5, 5.41) is 12.8. The summed E-state index contributed by atoms with van der Waals surface area (Å²) in [5.41, 5.74) is 15.5. The van der Waals surface area contributed by atoms with Crippen LogP contribution in [0.3, 0.4) is 0 Å². The molecule has 0 atom stereocenters. The standard InChI is InChI=1S/C24H22N6O5/c1-33-20-7-12(5-14-11-28-24(26)29-23(14)25)18-9-16(35-21(18)22(20)34-2)6-13-10-27-19-4-3-15(30(31)32)8-17(13)19/h3-4,7-11,27H,5-6H2,1-2H3,(H4,25,26,28,29). The van der Waals surface area contributed by atoms with Crippen LogP contribution < -0.4 is 20.9 Å². The Hall–Kier alpha value is -4.80. The number of nitrogen functional groups attached to an aromatic ring is 2. The van der Waals surface area contributed by atoms with Crippen LogP contribution in [0.25, 0.3) is 21.9 Å². The third-order valence-corrected chi connectivity index (χ3v) is 5.91. The van der Waals surface area contributed by atoms with Gasteiger partial charge >= 0.3 is 0 Å². The van der Waals surface area contributed by atoms with Crippen molar-refractivity contribution >= 4 is 39.3 Å². The monoisotopic (exact) mass is 474 g/mol. The van der Waals surface area contributed by atoms with Crippen LogP contribution in [0.15, 0.2) is 47.1 Å². The Morgan fingerprint density at radius 3 is 2.60 bits per heavy atom. The first-order valence-electron chi connectivity index (χ1n) is 10.7. The number of aromatic nitrogens is 3. The number of hydrogen-bond acceptors (Lipinski definition) is 9. The highest BCUT2D eigenvalue weighted by Crippen LogP contribution is 2.41. The number of hydrogen-bond donors (Lipinski definition) is 3. The zero-order valence-corrected chi connectivity index (χ0v) is 19.0. The van der Waals surface area contributed by atoms with E-state index in [9.17, 15) is 10.1 Å². The summed E-state index contributed by atoms with van der Waals surface area (Å²) in [7, 11) is 3.10. The summed E-state index contributed by atoms with van der Waals surface area (Å²) in [6.07, 6.45) is 4.25. The quantitative estimate of drug-likeness (QED) is 0.233. The number of anilines is 2. The number of benzene rings is 2. The van der Waals surface area contributed by atoms with Gasteiger partial charge in [-0.05, 0) is 29.3 Å². The summed E-state index contributed by atoms with van der Waals surface area (Å²) in [4.78, 5) is 22.1. The van der Waals surface area contributed by atoms with Crippen molar-refractivity contribution in [1.82, 2.24) is 15.0 Å². The minimum Gasteiger partial charge on any atom is -0.493 e. The van der Waals surface area contributed by atoms with Crippen molar-refractivity contribution in [2.45, 2.75) is 12.8 Å². The van der Waals surface area contributed by atoms with Crippen molar-refractivity contribution < 1.29 is 18.8 Å². The van der Waals surface area contributed by atoms with Crippen LogP contribution in [0.4, 0.5) is 17.5 Å². The van der Waals surface area contributed by atoms with Gasteiger partial charge in [0.15, 0.2) is 11.3 Å². The van der Waals surface area contributed by atoms with E-state index in [2.05, 4.69) is 15.0 Å². The first-order chi connectivity index (χ1) is 16.9. The molecule has 11 nitrogen and oxygen atoms in total. The number of nitrogens with one attached hydrogen (secondary N) is 1. The lowest BCUT2D eigenvalue weighted by atomic mass is 10.0. The van der Waals surface area contributed by atoms with Crippen LogP contribution in [0, 0.1) is 10.1 Å². The lowest BCUT2D eigenvalue weighted by Gasteiger charge is -2.12. The number of nitrogens with zero attached hydrogens (tertiary/aromatic N) is 3. The molecular weight excluding hydrogens is 452 g/mol. The molecule has 0 aliphatic carbocycles. The Bertz CT molecular complexity index is 1590. The molecule has 0 spiro atoms. The molecule has 5 N–H and O–H groups in total. The smallest absolute Gasteiger partial charge is 0.270 e. The Morgan fingerprint density at radius 1 is 1.06 bits per heavy atom. The molecule has 5 aromatic rings. The lowest BCUT2D eigenvalue weighted by Crippen LogP contribution is -2.04. The summed E-state index contributed by atoms with van der Waals surface area (Å²) in [6.45, 7) is 0. The van der Waals surface area contributed by atoms with Crippen molar-refractivity contribution in [2.24, 2.45) is 0 Å². The molecule has 0 bridgehead atoms. The summed E-state index contributed by atoms with van der Waals surface area (Å²) >= 11 is 0. The van der Waals surface area contributed by atoms with Crippen LogP contribution in [-0.4, -0.2) is 34.1 Å². The molecule has 0 aliphatic rings. The van der Waals surface area contributed by atoms with Gasteiger partial charge in [-0.1, -0.05) is 0 Å². The van der Waals surface area contributed by atoms with Gasteiger partial charge in [0.05, 0.1) is 19.1 Å². The number of nitrogens with two attached hydrogens (primary N) is 2. The Labute approximate surface area is 198 Å². The number of aromatic amines is 1. The highest BCUT2D eigenvalue weighted by molar-refractivity contribution is 5.91. The fourth-order valence-corrected chi connectivity index (χ4v) is 4.23. The van der Waals surface area contributed by atoms with E-state index in [1.165, 1.54) is 6.07 Å². The molecule has 35 heavy (non-hydrogen) atoms. The third kappa shape index (κ3) is 3.92. The topological polar surface area (TPSA) is 168 Å². The fourth-order valence-electron chi connectivity index (χ4n) is 4.23. The van der Waals surface area contributed by atoms with E-state index in [0.29, 0.717) is 47.1 Å². The minimum atomic E-state index is -0.409. The molecule has 3 heterocycles. The van der Waals surface area contributed by atoms with Crippen molar-refractivity contribution in [1.29, 1.82) is 0 Å². The molecule has 5 rings (SSSR count). The van der Waals surface area contributed by atoms with Crippen LogP contribution in [0.5, 0.6) is 11.5 Å². The number of rotatable bonds is 7. The first-order valence-corrected chi connectivity index (χ1v) is 10.7. The Morgan fingerprint density at radius 2 is 1.89 bits per heavy atom. The van der Waals surface area contributed by atoms with Crippen molar-refractivity contribution in [3.8, 4) is 11.5 Å². The van der Waals surface area contributed by atoms with E-state index >= 15 is 0 Å². The summed E-state index contributed by atoms with van der Waals surface area (Å²) < 4.78 is 17.4. The van der Waals surface area contributed by atoms with Gasteiger partial charge in [-0.25, -0.2) is 4.98 Å². The van der Waals surface area contributed by atoms with Gasteiger partial charge in [0.1, 0.15) is 11.6 Å². The van der Waals surface area contributed by atoms with Crippen LogP contribution in [0.1, 0.15) is 22.5 Å². The average Bonchev–Trinajstić information content (AvgIpc) is 3.44. The second-order valence-corrected chi connectivity index (χ2v) is 8.02. The lowest BCUT2D eigenvalue weighted by molar-refractivity contribution is -0.384. The third-order valence-electron chi connectivity index (χ3n) is 5.91. The predicted molar refractivity (Wildman–Crippen MR) is 131 cm³/mol. The highest BCUT2D eigenvalue weighted by atomic mass is 16.6. The van der Waals surface area contributed by atoms with E-state index in [1.807, 2.05) is 18.3 Å². The first kappa shape index (κ1) is 22.0. The second-order valence-electron chi connectivity index (χ2n) is 8.02. The van der Waals surface area contributed by atoms with Gasteiger partial charge in [-0.15, -0.1) is 0 Å². The van der Waals surface area contributed by atoms with Gasteiger partial charge in [-0.3, -0.25) is 10.1 Å². The average molecular weight is 474 g/mol. The van der Waals surface area contributed by atoms with Gasteiger partial charge in [0, 0.05) is 59.2 Å². The molecule has 11 heteroatoms. The fraction of sp³-hybridized carbons (Fsp3) is 0.167. The number of furan rings is 1. The molecule has 2 aromatic carbocycles. The number of H-pyrrole nitrogens is 1. The van der Waals surface area contributed by atoms with Crippen molar-refractivity contribution in [2.75, 3.05) is 25.7 Å². The van der Waals surface area contributed by atoms with E-state index in [1.54, 1.807) is 32.5 Å². The zero-order chi connectivity index (χ0) is 24.7. The molecule has 178 valence electrons. The maximum Gasteiger partial charge on any atom is 0.270 e. The van der Waals surface area contributed by atoms with Gasteiger partial charge in [0.2, 0.25) is 11.7 Å². The number of fused-ring (bicyclic) bond motifs is 2. The molecule has 0 amide bonds. The maximum atomic E-state index is 11.2. The second kappa shape index (κ2) is 8.52. The predicted octanol–water partition coefficient (Wildman–Crippen LogP) is 3.98. The van der Waals surface area contributed by atoms with Crippen LogP contribution in [0.2, 0.25) is 0 Å². The number of nitro benzene ring substituents is 1. The molecular formula is C24H22N6O5. The Kier molecular flexibility index (Phi) is 5.36. The highest BCUT2D eigenvalue weighted by Gasteiger charge is 2.21. The van der Waals surface area contributed by atoms with Crippen molar-refractivity contribution in [3.63, 3.8) is 0 Å². The molecule has 0 aliphatic heterocycles. The zero-order valence-electron chi connectivity index (χ0n) is 19.0. The molecule has 3 aromatic heterocycles. The normalized spacial score (nSPS) is 11.3. The molecule has 0 saturated heterocycles. The van der Waals surface area contributed by atoms with E-state index < -0.39 is 4.92 Å². The largest absolute Gasteiger partial charge is 0.493 e. The molecule has 0 saturated carbocycles. The van der Waals surface area contributed by atoms with E-state index in [0.717, 1.165) is 27.4 Å². The van der Waals surface area contributed by atoms with Gasteiger partial charge in [0.25, 0.3) is 5.69 Å². The molecule has 0 unspecified atom stereocenters. The summed E-state index contributed by atoms with van der Waals surface area (Å²) in [6, 6.07) is 8.52. The molecule has 0 fully saturated rings. The van der Waals surface area contributed by atoms with E-state index in [-0.39, 0.29) is 11.6 Å². The number of non-ortho nitro benzene ring substituents is 1. The number of nitro groups is 1. The maximum absolute atomic E-state index is 11.2. The number of ether oxygens (including phenoxy) is 2. The van der Waals surface area contributed by atoms with Gasteiger partial charge < -0.3 is 30.3 Å². The minimum absolute atomic E-state index is 0.0277. The van der Waals surface area contributed by atoms with Crippen molar-refractivity contribution in [3.05, 3.63) is 75.3 Å². The Balaban J connectivity index is 1.60. The van der Waals surface area contributed by atoms with Crippen LogP contribution in [-0.2, 0) is 12.8 Å². The van der Waals surface area contributed by atoms with Gasteiger partial charge in [-0.2, -0.15) is 4.98 Å². The van der Waals surface area contributed by atoms with E-state index in [4.69, 9.17) is 25.4 Å². The van der Waals surface area contributed by atoms with Crippen LogP contribution >= 0.6 is 0 Å². The SMILES string of the molecule is COc1cc(Cc2cnc(N)nc2N)c2cc(Cc3c[nH]c4ccc([N+](=O)[O-])cc34)oc2c1OC. The number of methoxy groups -OCH3 is 2.